The molecule has 0 spiro atoms. The van der Waals surface area contributed by atoms with Crippen LogP contribution in [0, 0.1) is 0 Å². The molecule has 104 valence electrons. The number of amides is 2. The molecule has 1 aliphatic rings. The Balaban J connectivity index is 2.71. The predicted molar refractivity (Wildman–Crippen MR) is 66.3 cm³/mol. The van der Waals surface area contributed by atoms with Crippen molar-refractivity contribution in [3.63, 3.8) is 0 Å². The largest absolute Gasteiger partial charge is 0.480 e. The van der Waals surface area contributed by atoms with Gasteiger partial charge in [0.15, 0.2) is 0 Å². The summed E-state index contributed by atoms with van der Waals surface area (Å²) >= 11 is 0. The molecule has 0 aromatic carbocycles. The van der Waals surface area contributed by atoms with E-state index in [2.05, 4.69) is 0 Å². The fourth-order valence-corrected chi connectivity index (χ4v) is 2.09. The maximum atomic E-state index is 12.3. The first kappa shape index (κ1) is 14.8. The van der Waals surface area contributed by atoms with Crippen LogP contribution in [0.5, 0.6) is 0 Å². The van der Waals surface area contributed by atoms with Crippen LogP contribution in [-0.2, 0) is 4.79 Å². The van der Waals surface area contributed by atoms with Gasteiger partial charge in [-0.25, -0.2) is 4.79 Å². The number of aliphatic hydroxyl groups is 1. The lowest BCUT2D eigenvalue weighted by atomic mass is 10.1. The number of nitrogens with zero attached hydrogens (tertiary/aromatic N) is 2. The molecule has 1 saturated heterocycles. The minimum Gasteiger partial charge on any atom is -0.480 e. The van der Waals surface area contributed by atoms with E-state index in [9.17, 15) is 14.7 Å². The number of urea groups is 1. The van der Waals surface area contributed by atoms with Crippen molar-refractivity contribution >= 4 is 12.0 Å². The third-order valence-electron chi connectivity index (χ3n) is 3.34. The second kappa shape index (κ2) is 6.58. The summed E-state index contributed by atoms with van der Waals surface area (Å²) in [5, 5.41) is 18.4. The summed E-state index contributed by atoms with van der Waals surface area (Å²) in [7, 11) is 0. The van der Waals surface area contributed by atoms with Gasteiger partial charge in [-0.2, -0.15) is 0 Å². The molecule has 1 fully saturated rings. The van der Waals surface area contributed by atoms with Crippen LogP contribution in [0.15, 0.2) is 0 Å². The zero-order valence-corrected chi connectivity index (χ0v) is 11.0. The number of hydrogen-bond donors (Lipinski definition) is 2. The Labute approximate surface area is 107 Å². The van der Waals surface area contributed by atoms with Crippen LogP contribution >= 0.6 is 0 Å². The van der Waals surface area contributed by atoms with E-state index >= 15 is 0 Å². The van der Waals surface area contributed by atoms with E-state index in [1.807, 2.05) is 13.8 Å². The highest BCUT2D eigenvalue weighted by atomic mass is 16.4. The summed E-state index contributed by atoms with van der Waals surface area (Å²) in [4.78, 5) is 26.0. The Kier molecular flexibility index (Phi) is 5.40. The summed E-state index contributed by atoms with van der Waals surface area (Å²) in [6.45, 7) is 4.34. The number of piperidine rings is 1. The van der Waals surface area contributed by atoms with E-state index < -0.39 is 12.1 Å². The number of carboxylic acids is 1. The Bertz CT molecular complexity index is 308. The van der Waals surface area contributed by atoms with Gasteiger partial charge in [-0.3, -0.25) is 4.79 Å². The van der Waals surface area contributed by atoms with Crippen molar-refractivity contribution in [1.82, 2.24) is 9.80 Å². The van der Waals surface area contributed by atoms with Crippen molar-refractivity contribution in [3.05, 3.63) is 0 Å². The summed E-state index contributed by atoms with van der Waals surface area (Å²) in [6, 6.07) is -0.404. The van der Waals surface area contributed by atoms with Gasteiger partial charge in [0.25, 0.3) is 0 Å². The van der Waals surface area contributed by atoms with E-state index in [1.54, 1.807) is 4.90 Å². The minimum absolute atomic E-state index is 0.118. The Morgan fingerprint density at radius 3 is 2.67 bits per heavy atom. The highest BCUT2D eigenvalue weighted by Crippen LogP contribution is 2.14. The Morgan fingerprint density at radius 1 is 1.50 bits per heavy atom. The lowest BCUT2D eigenvalue weighted by Gasteiger charge is -2.36. The first-order chi connectivity index (χ1) is 8.45. The van der Waals surface area contributed by atoms with Crippen LogP contribution in [0.4, 0.5) is 4.79 Å². The number of likely N-dealkylation sites (tertiary alicyclic amines) is 1. The number of carbonyl (C=O) groups is 2. The van der Waals surface area contributed by atoms with Gasteiger partial charge in [0.2, 0.25) is 0 Å². The second-order valence-corrected chi connectivity index (χ2v) is 4.80. The van der Waals surface area contributed by atoms with Crippen LogP contribution in [0.25, 0.3) is 0 Å². The van der Waals surface area contributed by atoms with Crippen molar-refractivity contribution in [2.75, 3.05) is 19.6 Å². The molecule has 0 aliphatic carbocycles. The standard InChI is InChI=1S/C12H22N2O4/c1-3-9(2)14(8-11(16)17)12(18)13-6-4-5-10(15)7-13/h9-10,15H,3-8H2,1-2H3,(H,16,17). The molecule has 2 atom stereocenters. The first-order valence-corrected chi connectivity index (χ1v) is 6.41. The average molecular weight is 258 g/mol. The molecular formula is C12H22N2O4. The molecule has 18 heavy (non-hydrogen) atoms. The van der Waals surface area contributed by atoms with Gasteiger partial charge in [0.05, 0.1) is 6.10 Å². The molecule has 1 heterocycles. The molecule has 0 radical (unpaired) electrons. The highest BCUT2D eigenvalue weighted by molar-refractivity contribution is 5.80. The van der Waals surface area contributed by atoms with Crippen LogP contribution in [0.3, 0.4) is 0 Å². The van der Waals surface area contributed by atoms with Crippen molar-refractivity contribution in [2.24, 2.45) is 0 Å². The fourth-order valence-electron chi connectivity index (χ4n) is 2.09. The molecule has 1 rings (SSSR count). The van der Waals surface area contributed by atoms with Crippen LogP contribution in [0.2, 0.25) is 0 Å². The molecule has 6 nitrogen and oxygen atoms in total. The van der Waals surface area contributed by atoms with Gasteiger partial charge in [0.1, 0.15) is 6.54 Å². The number of aliphatic hydroxyl groups excluding tert-OH is 1. The monoisotopic (exact) mass is 258 g/mol. The average Bonchev–Trinajstić information content (AvgIpc) is 2.34. The molecule has 0 aromatic rings. The smallest absolute Gasteiger partial charge is 0.323 e. The number of β-amino-alcohol motifs (C(OH)–C–C–N with tert-alkyl or cyclic N) is 1. The Hall–Kier alpha value is -1.30. The quantitative estimate of drug-likeness (QED) is 0.779. The maximum Gasteiger partial charge on any atom is 0.323 e. The normalized spacial score (nSPS) is 21.5. The zero-order chi connectivity index (χ0) is 13.7. The topological polar surface area (TPSA) is 81.1 Å². The van der Waals surface area contributed by atoms with Crippen molar-refractivity contribution in [1.29, 1.82) is 0 Å². The summed E-state index contributed by atoms with van der Waals surface area (Å²) in [5.74, 6) is -1.01. The highest BCUT2D eigenvalue weighted by Gasteiger charge is 2.29. The SMILES string of the molecule is CCC(C)N(CC(=O)O)C(=O)N1CCCC(O)C1. The van der Waals surface area contributed by atoms with E-state index in [4.69, 9.17) is 5.11 Å². The number of carboxylic acid groups (broad SMARTS) is 1. The molecule has 1 aliphatic heterocycles. The lowest BCUT2D eigenvalue weighted by Crippen LogP contribution is -2.52. The van der Waals surface area contributed by atoms with Gasteiger partial charge in [-0.1, -0.05) is 6.92 Å². The van der Waals surface area contributed by atoms with Gasteiger partial charge in [-0.05, 0) is 26.2 Å². The fraction of sp³-hybridized carbons (Fsp3) is 0.833. The van der Waals surface area contributed by atoms with Gasteiger partial charge < -0.3 is 20.0 Å². The molecule has 6 heteroatoms. The van der Waals surface area contributed by atoms with E-state index in [-0.39, 0.29) is 18.6 Å². The molecular weight excluding hydrogens is 236 g/mol. The summed E-state index contributed by atoms with van der Waals surface area (Å²) in [6.07, 6.45) is 1.67. The summed E-state index contributed by atoms with van der Waals surface area (Å²) < 4.78 is 0. The maximum absolute atomic E-state index is 12.3. The van der Waals surface area contributed by atoms with Gasteiger partial charge in [0, 0.05) is 19.1 Å². The van der Waals surface area contributed by atoms with Crippen LogP contribution < -0.4 is 0 Å². The Morgan fingerprint density at radius 2 is 2.17 bits per heavy atom. The van der Waals surface area contributed by atoms with Crippen LogP contribution in [0.1, 0.15) is 33.1 Å². The molecule has 0 bridgehead atoms. The molecule has 2 N–H and O–H groups in total. The second-order valence-electron chi connectivity index (χ2n) is 4.80. The minimum atomic E-state index is -1.01. The van der Waals surface area contributed by atoms with Crippen molar-refractivity contribution < 1.29 is 19.8 Å². The third-order valence-corrected chi connectivity index (χ3v) is 3.34. The molecule has 2 amide bonds. The molecule has 0 aromatic heterocycles. The van der Waals surface area contributed by atoms with Gasteiger partial charge in [-0.15, -0.1) is 0 Å². The third kappa shape index (κ3) is 3.87. The van der Waals surface area contributed by atoms with E-state index in [1.165, 1.54) is 4.90 Å². The van der Waals surface area contributed by atoms with E-state index in [0.717, 1.165) is 6.42 Å². The van der Waals surface area contributed by atoms with E-state index in [0.29, 0.717) is 25.9 Å². The number of carbonyl (C=O) groups excluding carboxylic acids is 1. The predicted octanol–water partition coefficient (Wildman–Crippen LogP) is 0.748. The zero-order valence-electron chi connectivity index (χ0n) is 11.0. The number of hydrogen-bond acceptors (Lipinski definition) is 3. The summed E-state index contributed by atoms with van der Waals surface area (Å²) in [5.41, 5.74) is 0. The van der Waals surface area contributed by atoms with Crippen LogP contribution in [-0.4, -0.2) is 63.8 Å². The first-order valence-electron chi connectivity index (χ1n) is 6.41. The number of rotatable bonds is 4. The number of aliphatic carboxylic acids is 1. The van der Waals surface area contributed by atoms with Crippen molar-refractivity contribution in [2.45, 2.75) is 45.3 Å². The molecule has 0 saturated carbocycles. The molecule has 2 unspecified atom stereocenters. The van der Waals surface area contributed by atoms with Gasteiger partial charge >= 0.3 is 12.0 Å². The lowest BCUT2D eigenvalue weighted by molar-refractivity contribution is -0.138. The van der Waals surface area contributed by atoms with Crippen molar-refractivity contribution in [3.8, 4) is 0 Å².